The van der Waals surface area contributed by atoms with E-state index in [1.807, 2.05) is 24.0 Å². The van der Waals surface area contributed by atoms with Crippen LogP contribution in [0.1, 0.15) is 60.9 Å². The van der Waals surface area contributed by atoms with Crippen molar-refractivity contribution in [2.75, 3.05) is 18.8 Å². The van der Waals surface area contributed by atoms with E-state index in [0.29, 0.717) is 11.1 Å². The molecule has 0 unspecified atom stereocenters. The minimum atomic E-state index is 0.149. The molecule has 1 aromatic carbocycles. The monoisotopic (exact) mass is 286 g/mol. The number of hydrogen-bond donors (Lipinski definition) is 1. The van der Waals surface area contributed by atoms with Gasteiger partial charge in [0.05, 0.1) is 0 Å². The third-order valence-corrected chi connectivity index (χ3v) is 5.37. The minimum Gasteiger partial charge on any atom is -0.399 e. The molecule has 3 heteroatoms. The smallest absolute Gasteiger partial charge is 0.253 e. The van der Waals surface area contributed by atoms with Crippen molar-refractivity contribution in [3.05, 3.63) is 29.3 Å². The van der Waals surface area contributed by atoms with Crippen molar-refractivity contribution in [1.82, 2.24) is 4.90 Å². The van der Waals surface area contributed by atoms with Crippen molar-refractivity contribution in [1.29, 1.82) is 0 Å². The summed E-state index contributed by atoms with van der Waals surface area (Å²) in [6, 6.07) is 5.66. The Kier molecular flexibility index (Phi) is 3.92. The van der Waals surface area contributed by atoms with E-state index in [1.165, 1.54) is 44.9 Å². The molecule has 1 spiro atoms. The number of hydrogen-bond acceptors (Lipinski definition) is 2. The number of aryl methyl sites for hydroxylation is 1. The molecule has 3 rings (SSSR count). The SMILES string of the molecule is Cc1cc(N)cc(C(=O)N2CCC3(CCCCC3)CC2)c1. The lowest BCUT2D eigenvalue weighted by atomic mass is 9.68. The van der Waals surface area contributed by atoms with Crippen molar-refractivity contribution >= 4 is 11.6 Å². The van der Waals surface area contributed by atoms with Crippen LogP contribution in [-0.2, 0) is 0 Å². The summed E-state index contributed by atoms with van der Waals surface area (Å²) in [6.45, 7) is 3.81. The molecular formula is C18H26N2O. The number of benzene rings is 1. The van der Waals surface area contributed by atoms with Crippen LogP contribution in [0, 0.1) is 12.3 Å². The summed E-state index contributed by atoms with van der Waals surface area (Å²) in [5.41, 5.74) is 8.89. The molecule has 1 saturated carbocycles. The zero-order chi connectivity index (χ0) is 14.9. The third-order valence-electron chi connectivity index (χ3n) is 5.37. The Labute approximate surface area is 127 Å². The van der Waals surface area contributed by atoms with Gasteiger partial charge < -0.3 is 10.6 Å². The van der Waals surface area contributed by atoms with Gasteiger partial charge in [-0.2, -0.15) is 0 Å². The molecule has 0 aromatic heterocycles. The first-order valence-electron chi connectivity index (χ1n) is 8.25. The molecule has 1 aliphatic heterocycles. The van der Waals surface area contributed by atoms with E-state index >= 15 is 0 Å². The lowest BCUT2D eigenvalue weighted by Gasteiger charge is -2.44. The highest BCUT2D eigenvalue weighted by Gasteiger charge is 2.36. The highest BCUT2D eigenvalue weighted by molar-refractivity contribution is 5.95. The fourth-order valence-corrected chi connectivity index (χ4v) is 4.10. The first-order chi connectivity index (χ1) is 10.1. The van der Waals surface area contributed by atoms with Gasteiger partial charge in [-0.15, -0.1) is 0 Å². The van der Waals surface area contributed by atoms with Gasteiger partial charge in [-0.1, -0.05) is 19.3 Å². The Hall–Kier alpha value is -1.51. The predicted molar refractivity (Wildman–Crippen MR) is 86.2 cm³/mol. The van der Waals surface area contributed by atoms with Crippen molar-refractivity contribution < 1.29 is 4.79 Å². The van der Waals surface area contributed by atoms with Gasteiger partial charge in [0.2, 0.25) is 0 Å². The predicted octanol–water partition coefficient (Wildman–Crippen LogP) is 3.76. The average molecular weight is 286 g/mol. The fourth-order valence-electron chi connectivity index (χ4n) is 4.10. The number of piperidine rings is 1. The van der Waals surface area contributed by atoms with E-state index < -0.39 is 0 Å². The van der Waals surface area contributed by atoms with Crippen LogP contribution in [0.4, 0.5) is 5.69 Å². The van der Waals surface area contributed by atoms with E-state index in [9.17, 15) is 4.79 Å². The molecule has 21 heavy (non-hydrogen) atoms. The number of nitrogen functional groups attached to an aromatic ring is 1. The number of carbonyl (C=O) groups is 1. The van der Waals surface area contributed by atoms with Crippen LogP contribution in [0.2, 0.25) is 0 Å². The van der Waals surface area contributed by atoms with Crippen LogP contribution in [0.25, 0.3) is 0 Å². The standard InChI is InChI=1S/C18H26N2O/c1-14-11-15(13-16(19)12-14)17(21)20-9-7-18(8-10-20)5-3-2-4-6-18/h11-13H,2-10,19H2,1H3. The van der Waals surface area contributed by atoms with Gasteiger partial charge in [0.15, 0.2) is 0 Å². The van der Waals surface area contributed by atoms with Crippen molar-refractivity contribution in [2.45, 2.75) is 51.9 Å². The topological polar surface area (TPSA) is 46.3 Å². The van der Waals surface area contributed by atoms with Gasteiger partial charge in [-0.25, -0.2) is 0 Å². The van der Waals surface area contributed by atoms with Gasteiger partial charge in [0, 0.05) is 24.3 Å². The zero-order valence-corrected chi connectivity index (χ0v) is 13.0. The van der Waals surface area contributed by atoms with E-state index in [1.54, 1.807) is 6.07 Å². The van der Waals surface area contributed by atoms with Crippen LogP contribution < -0.4 is 5.73 Å². The highest BCUT2D eigenvalue weighted by atomic mass is 16.2. The molecular weight excluding hydrogens is 260 g/mol. The second-order valence-corrected chi connectivity index (χ2v) is 6.99. The van der Waals surface area contributed by atoms with Gasteiger partial charge in [0.1, 0.15) is 0 Å². The van der Waals surface area contributed by atoms with Gasteiger partial charge >= 0.3 is 0 Å². The van der Waals surface area contributed by atoms with Crippen LogP contribution >= 0.6 is 0 Å². The van der Waals surface area contributed by atoms with E-state index in [-0.39, 0.29) is 5.91 Å². The number of amides is 1. The molecule has 0 radical (unpaired) electrons. The number of rotatable bonds is 1. The molecule has 1 heterocycles. The van der Waals surface area contributed by atoms with Crippen LogP contribution in [0.15, 0.2) is 18.2 Å². The molecule has 114 valence electrons. The van der Waals surface area contributed by atoms with Crippen molar-refractivity contribution in [3.8, 4) is 0 Å². The molecule has 3 nitrogen and oxygen atoms in total. The highest BCUT2D eigenvalue weighted by Crippen LogP contribution is 2.44. The molecule has 2 aliphatic rings. The lowest BCUT2D eigenvalue weighted by molar-refractivity contribution is 0.0472. The van der Waals surface area contributed by atoms with Crippen molar-refractivity contribution in [2.24, 2.45) is 5.41 Å². The second-order valence-electron chi connectivity index (χ2n) is 6.99. The minimum absolute atomic E-state index is 0.149. The molecule has 1 saturated heterocycles. The fraction of sp³-hybridized carbons (Fsp3) is 0.611. The Balaban J connectivity index is 1.67. The molecule has 1 amide bonds. The average Bonchev–Trinajstić information content (AvgIpc) is 2.47. The maximum absolute atomic E-state index is 12.6. The van der Waals surface area contributed by atoms with E-state index in [2.05, 4.69) is 0 Å². The zero-order valence-electron chi connectivity index (χ0n) is 13.0. The molecule has 0 atom stereocenters. The largest absolute Gasteiger partial charge is 0.399 e. The summed E-state index contributed by atoms with van der Waals surface area (Å²) in [5.74, 6) is 0.149. The quantitative estimate of drug-likeness (QED) is 0.799. The van der Waals surface area contributed by atoms with E-state index in [4.69, 9.17) is 5.73 Å². The summed E-state index contributed by atoms with van der Waals surface area (Å²) < 4.78 is 0. The normalized spacial score (nSPS) is 21.5. The molecule has 2 N–H and O–H groups in total. The number of likely N-dealkylation sites (tertiary alicyclic amines) is 1. The summed E-state index contributed by atoms with van der Waals surface area (Å²) in [5, 5.41) is 0. The van der Waals surface area contributed by atoms with Crippen LogP contribution in [0.3, 0.4) is 0 Å². The van der Waals surface area contributed by atoms with Gasteiger partial charge in [-0.3, -0.25) is 4.79 Å². The van der Waals surface area contributed by atoms with Gasteiger partial charge in [0.25, 0.3) is 5.91 Å². The number of carbonyl (C=O) groups excluding carboxylic acids is 1. The Morgan fingerprint density at radius 1 is 1.05 bits per heavy atom. The maximum atomic E-state index is 12.6. The number of nitrogens with zero attached hydrogens (tertiary/aromatic N) is 1. The first kappa shape index (κ1) is 14.4. The molecule has 0 bridgehead atoms. The number of anilines is 1. The summed E-state index contributed by atoms with van der Waals surface area (Å²) in [4.78, 5) is 14.7. The first-order valence-corrected chi connectivity index (χ1v) is 8.25. The summed E-state index contributed by atoms with van der Waals surface area (Å²) in [7, 11) is 0. The lowest BCUT2D eigenvalue weighted by Crippen LogP contribution is -2.43. The Morgan fingerprint density at radius 3 is 2.33 bits per heavy atom. The Bertz CT molecular complexity index is 502. The van der Waals surface area contributed by atoms with Crippen LogP contribution in [0.5, 0.6) is 0 Å². The summed E-state index contributed by atoms with van der Waals surface area (Å²) in [6.07, 6.45) is 9.25. The molecule has 1 aliphatic carbocycles. The van der Waals surface area contributed by atoms with Gasteiger partial charge in [-0.05, 0) is 61.8 Å². The van der Waals surface area contributed by atoms with Crippen molar-refractivity contribution in [3.63, 3.8) is 0 Å². The number of nitrogens with two attached hydrogens (primary N) is 1. The molecule has 1 aromatic rings. The van der Waals surface area contributed by atoms with E-state index in [0.717, 1.165) is 24.2 Å². The second kappa shape index (κ2) is 5.70. The maximum Gasteiger partial charge on any atom is 0.253 e. The summed E-state index contributed by atoms with van der Waals surface area (Å²) >= 11 is 0. The van der Waals surface area contributed by atoms with Crippen LogP contribution in [-0.4, -0.2) is 23.9 Å². The molecule has 2 fully saturated rings. The third kappa shape index (κ3) is 3.07. The Morgan fingerprint density at radius 2 is 1.71 bits per heavy atom.